The highest BCUT2D eigenvalue weighted by atomic mass is 16.6. The summed E-state index contributed by atoms with van der Waals surface area (Å²) >= 11 is 0. The fourth-order valence-corrected chi connectivity index (χ4v) is 5.11. The third kappa shape index (κ3) is 3.97. The van der Waals surface area contributed by atoms with Crippen molar-refractivity contribution in [1.29, 1.82) is 0 Å². The minimum atomic E-state index is -0.576. The Morgan fingerprint density at radius 3 is 2.38 bits per heavy atom. The highest BCUT2D eigenvalue weighted by Crippen LogP contribution is 2.52. The van der Waals surface area contributed by atoms with Gasteiger partial charge in [-0.05, 0) is 71.3 Å². The number of amides is 2. The van der Waals surface area contributed by atoms with Crippen LogP contribution in [-0.4, -0.2) is 45.4 Å². The summed E-state index contributed by atoms with van der Waals surface area (Å²) in [6.45, 7) is 11.8. The van der Waals surface area contributed by atoms with E-state index in [1.807, 2.05) is 46.8 Å². The van der Waals surface area contributed by atoms with Gasteiger partial charge in [0, 0.05) is 30.9 Å². The number of rotatable bonds is 5. The maximum absolute atomic E-state index is 13.2. The van der Waals surface area contributed by atoms with Crippen LogP contribution in [0.3, 0.4) is 0 Å². The molecule has 3 atom stereocenters. The zero-order valence-corrected chi connectivity index (χ0v) is 19.7. The molecule has 3 fully saturated rings. The van der Waals surface area contributed by atoms with Crippen LogP contribution in [0.2, 0.25) is 0 Å². The molecule has 172 valence electrons. The van der Waals surface area contributed by atoms with Crippen molar-refractivity contribution < 1.29 is 14.3 Å². The first kappa shape index (κ1) is 21.3. The third-order valence-electron chi connectivity index (χ3n) is 6.96. The van der Waals surface area contributed by atoms with Crippen molar-refractivity contribution in [3.8, 4) is 0 Å². The lowest BCUT2D eigenvalue weighted by Gasteiger charge is -2.27. The summed E-state index contributed by atoms with van der Waals surface area (Å²) in [5.74, 6) is 1.20. The van der Waals surface area contributed by atoms with Gasteiger partial charge in [0.05, 0.1) is 16.7 Å². The quantitative estimate of drug-likeness (QED) is 0.768. The van der Waals surface area contributed by atoms with Gasteiger partial charge in [0.15, 0.2) is 0 Å². The zero-order chi connectivity index (χ0) is 22.8. The maximum Gasteiger partial charge on any atom is 0.410 e. The van der Waals surface area contributed by atoms with Crippen LogP contribution in [0.25, 0.3) is 10.9 Å². The number of nitrogens with zero attached hydrogens (tertiary/aromatic N) is 3. The summed E-state index contributed by atoms with van der Waals surface area (Å²) in [5, 5.41) is 9.32. The topological polar surface area (TPSA) is 76.5 Å². The predicted octanol–water partition coefficient (Wildman–Crippen LogP) is 3.91. The number of carbonyl (C=O) groups is 2. The first-order valence-corrected chi connectivity index (χ1v) is 11.8. The molecule has 0 spiro atoms. The highest BCUT2D eigenvalue weighted by Gasteiger charge is 2.61. The maximum atomic E-state index is 13.2. The van der Waals surface area contributed by atoms with Crippen molar-refractivity contribution >= 4 is 22.9 Å². The normalized spacial score (nSPS) is 25.0. The molecule has 1 saturated heterocycles. The number of fused-ring (bicyclic) bond motifs is 2. The number of aromatic nitrogens is 2. The molecule has 2 aromatic rings. The smallest absolute Gasteiger partial charge is 0.410 e. The van der Waals surface area contributed by atoms with E-state index >= 15 is 0 Å². The van der Waals surface area contributed by atoms with Crippen LogP contribution in [0.4, 0.5) is 4.79 Å². The number of para-hydroxylation sites is 1. The Kier molecular flexibility index (Phi) is 4.80. The molecular weight excluding hydrogens is 404 g/mol. The molecule has 32 heavy (non-hydrogen) atoms. The fraction of sp³-hybridized carbons (Fsp3) is 0.640. The molecule has 0 bridgehead atoms. The van der Waals surface area contributed by atoms with E-state index in [1.165, 1.54) is 12.8 Å². The largest absolute Gasteiger partial charge is 0.444 e. The second kappa shape index (κ2) is 7.22. The van der Waals surface area contributed by atoms with E-state index in [-0.39, 0.29) is 29.8 Å². The van der Waals surface area contributed by atoms with Gasteiger partial charge < -0.3 is 15.0 Å². The van der Waals surface area contributed by atoms with Crippen molar-refractivity contribution in [3.63, 3.8) is 0 Å². The Balaban J connectivity index is 1.26. The predicted molar refractivity (Wildman–Crippen MR) is 122 cm³/mol. The molecule has 2 amide bonds. The number of hydrogen-bond donors (Lipinski definition) is 1. The van der Waals surface area contributed by atoms with Gasteiger partial charge in [-0.25, -0.2) is 4.79 Å². The SMILES string of the molecule is CC(C)(C)OC(=O)N1C[C@@H]2C(C(=O)NC(C)(C)c3nn(CC4CC4)c4ccccc34)[C@@H]2C1. The van der Waals surface area contributed by atoms with Crippen molar-refractivity contribution in [2.45, 2.75) is 65.1 Å². The number of benzene rings is 1. The van der Waals surface area contributed by atoms with Crippen LogP contribution in [0.5, 0.6) is 0 Å². The molecule has 1 aromatic heterocycles. The summed E-state index contributed by atoms with van der Waals surface area (Å²) in [7, 11) is 0. The Bertz CT molecular complexity index is 1050. The molecule has 7 heteroatoms. The lowest BCUT2D eigenvalue weighted by molar-refractivity contribution is -0.125. The summed E-state index contributed by atoms with van der Waals surface area (Å²) in [6, 6.07) is 8.29. The second-order valence-corrected chi connectivity index (χ2v) is 11.3. The van der Waals surface area contributed by atoms with Crippen LogP contribution in [0.1, 0.15) is 53.2 Å². The molecular formula is C25H34N4O3. The minimum Gasteiger partial charge on any atom is -0.444 e. The molecule has 7 nitrogen and oxygen atoms in total. The average molecular weight is 439 g/mol. The molecule has 2 heterocycles. The Morgan fingerprint density at radius 1 is 1.09 bits per heavy atom. The lowest BCUT2D eigenvalue weighted by Crippen LogP contribution is -2.44. The number of nitrogens with one attached hydrogen (secondary N) is 1. The number of ether oxygens (including phenoxy) is 1. The molecule has 1 aliphatic heterocycles. The zero-order valence-electron chi connectivity index (χ0n) is 19.7. The first-order valence-electron chi connectivity index (χ1n) is 11.8. The van der Waals surface area contributed by atoms with E-state index in [9.17, 15) is 9.59 Å². The fourth-order valence-electron chi connectivity index (χ4n) is 5.11. The minimum absolute atomic E-state index is 0.0345. The van der Waals surface area contributed by atoms with Gasteiger partial charge in [-0.3, -0.25) is 9.48 Å². The number of hydrogen-bond acceptors (Lipinski definition) is 4. The lowest BCUT2D eigenvalue weighted by atomic mass is 9.96. The average Bonchev–Trinajstić information content (AvgIpc) is 3.55. The van der Waals surface area contributed by atoms with Crippen LogP contribution in [0.15, 0.2) is 24.3 Å². The Labute approximate surface area is 189 Å². The van der Waals surface area contributed by atoms with E-state index in [1.54, 1.807) is 4.90 Å². The van der Waals surface area contributed by atoms with Gasteiger partial charge >= 0.3 is 6.09 Å². The number of piperidine rings is 1. The van der Waals surface area contributed by atoms with Gasteiger partial charge in [0.2, 0.25) is 5.91 Å². The van der Waals surface area contributed by atoms with Gasteiger partial charge in [-0.15, -0.1) is 0 Å². The van der Waals surface area contributed by atoms with Gasteiger partial charge in [-0.2, -0.15) is 5.10 Å². The van der Waals surface area contributed by atoms with Crippen molar-refractivity contribution in [3.05, 3.63) is 30.0 Å². The number of likely N-dealkylation sites (tertiary alicyclic amines) is 1. The molecule has 1 aromatic carbocycles. The molecule has 1 unspecified atom stereocenters. The van der Waals surface area contributed by atoms with Crippen molar-refractivity contribution in [1.82, 2.24) is 20.0 Å². The van der Waals surface area contributed by atoms with E-state index in [2.05, 4.69) is 22.1 Å². The summed E-state index contributed by atoms with van der Waals surface area (Å²) < 4.78 is 7.59. The molecule has 5 rings (SSSR count). The van der Waals surface area contributed by atoms with Gasteiger partial charge in [0.1, 0.15) is 5.60 Å². The van der Waals surface area contributed by atoms with E-state index in [0.717, 1.165) is 29.1 Å². The third-order valence-corrected chi connectivity index (χ3v) is 6.96. The highest BCUT2D eigenvalue weighted by molar-refractivity contribution is 5.87. The van der Waals surface area contributed by atoms with Gasteiger partial charge in [0.25, 0.3) is 0 Å². The standard InChI is InChI=1S/C25H34N4O3/c1-24(2,3)32-23(31)28-13-17-18(14-28)20(17)22(30)26-25(4,5)21-16-8-6-7-9-19(16)29(27-21)12-15-10-11-15/h6-9,15,17-18,20H,10-14H2,1-5H3,(H,26,30)/t17-,18+,20?. The molecule has 0 radical (unpaired) electrons. The molecule has 1 N–H and O–H groups in total. The summed E-state index contributed by atoms with van der Waals surface area (Å²) in [4.78, 5) is 27.2. The van der Waals surface area contributed by atoms with Crippen LogP contribution < -0.4 is 5.32 Å². The van der Waals surface area contributed by atoms with Crippen LogP contribution >= 0.6 is 0 Å². The van der Waals surface area contributed by atoms with E-state index in [4.69, 9.17) is 9.84 Å². The number of carbonyl (C=O) groups excluding carboxylic acids is 2. The van der Waals surface area contributed by atoms with Crippen molar-refractivity contribution in [2.24, 2.45) is 23.7 Å². The van der Waals surface area contributed by atoms with E-state index < -0.39 is 11.1 Å². The molecule has 2 aliphatic carbocycles. The van der Waals surface area contributed by atoms with Crippen LogP contribution in [-0.2, 0) is 21.6 Å². The van der Waals surface area contributed by atoms with Gasteiger partial charge in [-0.1, -0.05) is 18.2 Å². The Hall–Kier alpha value is -2.57. The molecule has 2 saturated carbocycles. The monoisotopic (exact) mass is 438 g/mol. The first-order chi connectivity index (χ1) is 15.0. The molecule has 3 aliphatic rings. The van der Waals surface area contributed by atoms with Crippen LogP contribution in [0, 0.1) is 23.7 Å². The summed E-state index contributed by atoms with van der Waals surface area (Å²) in [6.07, 6.45) is 2.26. The Morgan fingerprint density at radius 2 is 1.75 bits per heavy atom. The second-order valence-electron chi connectivity index (χ2n) is 11.3. The van der Waals surface area contributed by atoms with E-state index in [0.29, 0.717) is 13.1 Å². The summed E-state index contributed by atoms with van der Waals surface area (Å²) in [5.41, 5.74) is 0.972. The van der Waals surface area contributed by atoms with Crippen molar-refractivity contribution in [2.75, 3.05) is 13.1 Å².